The Hall–Kier alpha value is -2.00. The number of phenols is 1. The van der Waals surface area contributed by atoms with Crippen LogP contribution in [0.2, 0.25) is 5.02 Å². The highest BCUT2D eigenvalue weighted by Gasteiger charge is 2.13. The predicted molar refractivity (Wildman–Crippen MR) is 80.2 cm³/mol. The number of phenolic OH excluding ortho intramolecular Hbond substituents is 1. The van der Waals surface area contributed by atoms with Gasteiger partial charge in [0.25, 0.3) is 5.91 Å². The summed E-state index contributed by atoms with van der Waals surface area (Å²) in [5.74, 6) is -0.0167. The molecule has 104 valence electrons. The second-order valence-corrected chi connectivity index (χ2v) is 5.19. The van der Waals surface area contributed by atoms with Crippen molar-refractivity contribution in [2.24, 2.45) is 0 Å². The molecule has 1 amide bonds. The topological polar surface area (TPSA) is 49.3 Å². The lowest BCUT2D eigenvalue weighted by Gasteiger charge is -2.15. The first-order valence-electron chi connectivity index (χ1n) is 6.33. The van der Waals surface area contributed by atoms with Crippen molar-refractivity contribution in [2.75, 3.05) is 0 Å². The van der Waals surface area contributed by atoms with Crippen molar-refractivity contribution in [3.05, 3.63) is 64.2 Å². The summed E-state index contributed by atoms with van der Waals surface area (Å²) in [7, 11) is 0. The summed E-state index contributed by atoms with van der Waals surface area (Å²) in [6, 6.07) is 11.9. The van der Waals surface area contributed by atoms with E-state index in [1.54, 1.807) is 25.1 Å². The molecule has 2 N–H and O–H groups in total. The van der Waals surface area contributed by atoms with Gasteiger partial charge in [0, 0.05) is 10.6 Å². The lowest BCUT2D eigenvalue weighted by atomic mass is 10.1. The van der Waals surface area contributed by atoms with Crippen molar-refractivity contribution in [1.82, 2.24) is 5.32 Å². The zero-order chi connectivity index (χ0) is 14.7. The number of amides is 1. The molecule has 2 rings (SSSR count). The van der Waals surface area contributed by atoms with Crippen LogP contribution < -0.4 is 5.32 Å². The largest absolute Gasteiger partial charge is 0.508 e. The number of rotatable bonds is 3. The molecular formula is C16H16ClNO2. The Bertz CT molecular complexity index is 640. The average Bonchev–Trinajstić information content (AvgIpc) is 2.38. The smallest absolute Gasteiger partial charge is 0.252 e. The van der Waals surface area contributed by atoms with Crippen LogP contribution in [-0.4, -0.2) is 11.0 Å². The minimum Gasteiger partial charge on any atom is -0.508 e. The van der Waals surface area contributed by atoms with Crippen molar-refractivity contribution in [3.8, 4) is 5.75 Å². The van der Waals surface area contributed by atoms with E-state index in [9.17, 15) is 9.90 Å². The third kappa shape index (κ3) is 3.31. The lowest BCUT2D eigenvalue weighted by Crippen LogP contribution is -2.27. The minimum absolute atomic E-state index is 0.144. The molecule has 0 spiro atoms. The highest BCUT2D eigenvalue weighted by atomic mass is 35.5. The maximum atomic E-state index is 12.2. The molecule has 0 aliphatic carbocycles. The van der Waals surface area contributed by atoms with Gasteiger partial charge in [-0.1, -0.05) is 23.7 Å². The quantitative estimate of drug-likeness (QED) is 0.902. The zero-order valence-electron chi connectivity index (χ0n) is 11.4. The molecule has 0 heterocycles. The third-order valence-electron chi connectivity index (χ3n) is 3.15. The van der Waals surface area contributed by atoms with Crippen molar-refractivity contribution in [1.29, 1.82) is 0 Å². The van der Waals surface area contributed by atoms with E-state index in [4.69, 9.17) is 11.6 Å². The molecule has 2 aromatic rings. The van der Waals surface area contributed by atoms with Crippen LogP contribution >= 0.6 is 11.6 Å². The molecule has 0 fully saturated rings. The maximum Gasteiger partial charge on any atom is 0.252 e. The van der Waals surface area contributed by atoms with Gasteiger partial charge >= 0.3 is 0 Å². The van der Waals surface area contributed by atoms with E-state index in [1.807, 2.05) is 25.1 Å². The standard InChI is InChI=1S/C16H16ClNO2/c1-10-8-14(19)6-7-15(10)16(20)18-11(2)12-4-3-5-13(17)9-12/h3-9,11,19H,1-2H3,(H,18,20). The summed E-state index contributed by atoms with van der Waals surface area (Å²) in [4.78, 5) is 12.2. The van der Waals surface area contributed by atoms with Crippen molar-refractivity contribution in [2.45, 2.75) is 19.9 Å². The second-order valence-electron chi connectivity index (χ2n) is 4.75. The van der Waals surface area contributed by atoms with E-state index in [0.717, 1.165) is 11.1 Å². The maximum absolute atomic E-state index is 12.2. The number of nitrogens with one attached hydrogen (secondary N) is 1. The van der Waals surface area contributed by atoms with Crippen LogP contribution in [0.4, 0.5) is 0 Å². The van der Waals surface area contributed by atoms with E-state index in [0.29, 0.717) is 10.6 Å². The van der Waals surface area contributed by atoms with Crippen LogP contribution in [0, 0.1) is 6.92 Å². The Balaban J connectivity index is 2.15. The number of aryl methyl sites for hydroxylation is 1. The van der Waals surface area contributed by atoms with Crippen LogP contribution in [-0.2, 0) is 0 Å². The van der Waals surface area contributed by atoms with E-state index >= 15 is 0 Å². The van der Waals surface area contributed by atoms with Crippen molar-refractivity contribution < 1.29 is 9.90 Å². The summed E-state index contributed by atoms with van der Waals surface area (Å²) in [6.45, 7) is 3.69. The summed E-state index contributed by atoms with van der Waals surface area (Å²) in [5.41, 5.74) is 2.24. The van der Waals surface area contributed by atoms with E-state index in [2.05, 4.69) is 5.32 Å². The van der Waals surface area contributed by atoms with Gasteiger partial charge in [-0.15, -0.1) is 0 Å². The van der Waals surface area contributed by atoms with Crippen LogP contribution in [0.5, 0.6) is 5.75 Å². The molecule has 0 aromatic heterocycles. The molecule has 0 bridgehead atoms. The van der Waals surface area contributed by atoms with E-state index < -0.39 is 0 Å². The molecule has 2 aromatic carbocycles. The van der Waals surface area contributed by atoms with Gasteiger partial charge in [0.05, 0.1) is 6.04 Å². The van der Waals surface area contributed by atoms with Crippen LogP contribution in [0.3, 0.4) is 0 Å². The Kier molecular flexibility index (Phi) is 4.30. The molecule has 0 saturated heterocycles. The van der Waals surface area contributed by atoms with Crippen molar-refractivity contribution in [3.63, 3.8) is 0 Å². The third-order valence-corrected chi connectivity index (χ3v) is 3.39. The van der Waals surface area contributed by atoms with Gasteiger partial charge in [0.2, 0.25) is 0 Å². The normalized spacial score (nSPS) is 11.9. The van der Waals surface area contributed by atoms with Crippen LogP contribution in [0.1, 0.15) is 34.5 Å². The Morgan fingerprint density at radius 3 is 2.65 bits per heavy atom. The van der Waals surface area contributed by atoms with E-state index in [-0.39, 0.29) is 17.7 Å². The van der Waals surface area contributed by atoms with Gasteiger partial charge in [0.15, 0.2) is 0 Å². The number of hydrogen-bond donors (Lipinski definition) is 2. The number of carbonyl (C=O) groups is 1. The molecule has 0 aliphatic rings. The Morgan fingerprint density at radius 1 is 1.25 bits per heavy atom. The molecule has 4 heteroatoms. The molecule has 20 heavy (non-hydrogen) atoms. The monoisotopic (exact) mass is 289 g/mol. The minimum atomic E-state index is -0.171. The van der Waals surface area contributed by atoms with Gasteiger partial charge in [-0.3, -0.25) is 4.79 Å². The fourth-order valence-electron chi connectivity index (χ4n) is 2.04. The molecule has 1 atom stereocenters. The number of aromatic hydroxyl groups is 1. The van der Waals surface area contributed by atoms with Gasteiger partial charge in [0.1, 0.15) is 5.75 Å². The van der Waals surface area contributed by atoms with Gasteiger partial charge in [-0.25, -0.2) is 0 Å². The molecule has 0 radical (unpaired) electrons. The Morgan fingerprint density at radius 2 is 2.00 bits per heavy atom. The summed E-state index contributed by atoms with van der Waals surface area (Å²) < 4.78 is 0. The first-order chi connectivity index (χ1) is 9.47. The molecule has 3 nitrogen and oxygen atoms in total. The highest BCUT2D eigenvalue weighted by Crippen LogP contribution is 2.19. The zero-order valence-corrected chi connectivity index (χ0v) is 12.1. The number of hydrogen-bond acceptors (Lipinski definition) is 2. The van der Waals surface area contributed by atoms with E-state index in [1.165, 1.54) is 6.07 Å². The molecule has 0 aliphatic heterocycles. The first-order valence-corrected chi connectivity index (χ1v) is 6.71. The molecule has 1 unspecified atom stereocenters. The van der Waals surface area contributed by atoms with Crippen LogP contribution in [0.15, 0.2) is 42.5 Å². The Labute approximate surface area is 123 Å². The highest BCUT2D eigenvalue weighted by molar-refractivity contribution is 6.30. The number of halogens is 1. The van der Waals surface area contributed by atoms with Gasteiger partial charge in [-0.2, -0.15) is 0 Å². The van der Waals surface area contributed by atoms with Crippen LogP contribution in [0.25, 0.3) is 0 Å². The fourth-order valence-corrected chi connectivity index (χ4v) is 2.23. The predicted octanol–water partition coefficient (Wildman–Crippen LogP) is 3.85. The number of benzene rings is 2. The first kappa shape index (κ1) is 14.4. The fraction of sp³-hybridized carbons (Fsp3) is 0.188. The van der Waals surface area contributed by atoms with Crippen molar-refractivity contribution >= 4 is 17.5 Å². The van der Waals surface area contributed by atoms with Gasteiger partial charge < -0.3 is 10.4 Å². The second kappa shape index (κ2) is 5.97. The average molecular weight is 290 g/mol. The SMILES string of the molecule is Cc1cc(O)ccc1C(=O)NC(C)c1cccc(Cl)c1. The molecule has 0 saturated carbocycles. The lowest BCUT2D eigenvalue weighted by molar-refractivity contribution is 0.0939. The molecular weight excluding hydrogens is 274 g/mol. The summed E-state index contributed by atoms with van der Waals surface area (Å²) in [5, 5.41) is 12.9. The number of carbonyl (C=O) groups excluding carboxylic acids is 1. The van der Waals surface area contributed by atoms with Gasteiger partial charge in [-0.05, 0) is 55.3 Å². The summed E-state index contributed by atoms with van der Waals surface area (Å²) >= 11 is 5.94. The summed E-state index contributed by atoms with van der Waals surface area (Å²) in [6.07, 6.45) is 0.